The number of halogens is 1. The third-order valence-corrected chi connectivity index (χ3v) is 5.82. The molecule has 0 aliphatic carbocycles. The van der Waals surface area contributed by atoms with E-state index in [4.69, 9.17) is 5.11 Å². The van der Waals surface area contributed by atoms with Crippen LogP contribution in [0.1, 0.15) is 50.3 Å². The van der Waals surface area contributed by atoms with Gasteiger partial charge < -0.3 is 31.3 Å². The lowest BCUT2D eigenvalue weighted by atomic mass is 9.92. The molecule has 0 saturated heterocycles. The second-order valence-corrected chi connectivity index (χ2v) is 9.35. The Bertz CT molecular complexity index is 1210. The van der Waals surface area contributed by atoms with Gasteiger partial charge in [-0.05, 0) is 50.3 Å². The number of aliphatic carboxylic acids is 3. The molecule has 0 aliphatic heterocycles. The number of benzene rings is 1. The minimum Gasteiger partial charge on any atom is -0.481 e. The Hall–Kier alpha value is -4.56. The Morgan fingerprint density at radius 3 is 2.50 bits per heavy atom. The maximum atomic E-state index is 12.4. The van der Waals surface area contributed by atoms with Crippen molar-refractivity contribution in [3.63, 3.8) is 0 Å². The fourth-order valence-electron chi connectivity index (χ4n) is 3.75. The van der Waals surface area contributed by atoms with Gasteiger partial charge in [-0.25, -0.2) is 14.4 Å². The van der Waals surface area contributed by atoms with E-state index in [0.29, 0.717) is 42.8 Å². The Morgan fingerprint density at radius 2 is 1.85 bits per heavy atom. The molecule has 0 fully saturated rings. The molecule has 2 atom stereocenters. The molecule has 1 aromatic carbocycles. The fourth-order valence-corrected chi connectivity index (χ4v) is 3.75. The number of anilines is 1. The highest BCUT2D eigenvalue weighted by Crippen LogP contribution is 2.18. The van der Waals surface area contributed by atoms with Crippen molar-refractivity contribution in [2.24, 2.45) is 0 Å². The average Bonchev–Trinajstić information content (AvgIpc) is 3.32. The van der Waals surface area contributed by atoms with Crippen LogP contribution in [0.3, 0.4) is 0 Å². The van der Waals surface area contributed by atoms with Crippen molar-refractivity contribution in [2.75, 3.05) is 12.0 Å². The number of aromatic nitrogens is 3. The number of carbonyl (C=O) groups excluding carboxylic acids is 2. The van der Waals surface area contributed by atoms with Crippen LogP contribution in [0.25, 0.3) is 0 Å². The molecule has 0 radical (unpaired) electrons. The molecule has 0 spiro atoms. The molecule has 6 N–H and O–H groups in total. The fraction of sp³-hybridized carbons (Fsp3) is 0.480. The number of carboxylic acids is 3. The predicted molar refractivity (Wildman–Crippen MR) is 138 cm³/mol. The lowest BCUT2D eigenvalue weighted by molar-refractivity contribution is -0.143. The van der Waals surface area contributed by atoms with Crippen LogP contribution in [-0.2, 0) is 38.6 Å². The predicted octanol–water partition coefficient (Wildman–Crippen LogP) is 1.60. The van der Waals surface area contributed by atoms with Crippen molar-refractivity contribution in [3.05, 3.63) is 41.7 Å². The van der Waals surface area contributed by atoms with Crippen LogP contribution in [0, 0.1) is 0 Å². The Labute approximate surface area is 228 Å². The molecule has 1 aromatic heterocycles. The molecule has 14 nitrogen and oxygen atoms in total. The van der Waals surface area contributed by atoms with Gasteiger partial charge in [-0.2, -0.15) is 0 Å². The van der Waals surface area contributed by atoms with Crippen LogP contribution in [0.2, 0.25) is 0 Å². The molecule has 2 unspecified atom stereocenters. The van der Waals surface area contributed by atoms with Gasteiger partial charge in [0.15, 0.2) is 0 Å². The molecule has 218 valence electrons. The molecule has 1 heterocycles. The molecule has 2 rings (SSSR count). The van der Waals surface area contributed by atoms with Crippen LogP contribution in [0.5, 0.6) is 0 Å². The summed E-state index contributed by atoms with van der Waals surface area (Å²) in [6, 6.07) is 3.77. The van der Waals surface area contributed by atoms with Gasteiger partial charge in [0.2, 0.25) is 5.91 Å². The van der Waals surface area contributed by atoms with E-state index in [2.05, 4.69) is 26.3 Å². The maximum absolute atomic E-state index is 12.4. The minimum atomic E-state index is -1.86. The van der Waals surface area contributed by atoms with Gasteiger partial charge >= 0.3 is 23.9 Å². The summed E-state index contributed by atoms with van der Waals surface area (Å²) in [6.45, 7) is 1.25. The first-order valence-corrected chi connectivity index (χ1v) is 12.5. The highest BCUT2D eigenvalue weighted by Gasteiger charge is 2.36. The first-order chi connectivity index (χ1) is 18.9. The van der Waals surface area contributed by atoms with Gasteiger partial charge in [0.25, 0.3) is 0 Å². The van der Waals surface area contributed by atoms with Crippen molar-refractivity contribution >= 4 is 35.5 Å². The molecule has 0 saturated carbocycles. The number of hydrogen-bond acceptors (Lipinski definition) is 7. The lowest BCUT2D eigenvalue weighted by Gasteiger charge is -2.27. The highest BCUT2D eigenvalue weighted by molar-refractivity contribution is 5.91. The van der Waals surface area contributed by atoms with Crippen LogP contribution in [0.4, 0.5) is 14.9 Å². The number of alkyl halides is 1. The van der Waals surface area contributed by atoms with Crippen LogP contribution in [-0.4, -0.2) is 78.4 Å². The van der Waals surface area contributed by atoms with Crippen molar-refractivity contribution in [3.8, 4) is 0 Å². The van der Waals surface area contributed by atoms with E-state index in [1.165, 1.54) is 6.92 Å². The summed E-state index contributed by atoms with van der Waals surface area (Å²) in [5.41, 5.74) is -0.302. The van der Waals surface area contributed by atoms with Gasteiger partial charge in [0.05, 0.1) is 12.4 Å². The third-order valence-electron chi connectivity index (χ3n) is 5.82. The first-order valence-electron chi connectivity index (χ1n) is 12.5. The van der Waals surface area contributed by atoms with E-state index in [9.17, 15) is 38.6 Å². The molecule has 15 heteroatoms. The normalized spacial score (nSPS) is 13.1. The summed E-state index contributed by atoms with van der Waals surface area (Å²) in [5, 5.41) is 42.7. The van der Waals surface area contributed by atoms with E-state index in [1.54, 1.807) is 35.1 Å². The highest BCUT2D eigenvalue weighted by atomic mass is 19.1. The molecular weight excluding hydrogens is 531 g/mol. The molecular formula is C25H33FN6O8. The second-order valence-electron chi connectivity index (χ2n) is 9.35. The van der Waals surface area contributed by atoms with Gasteiger partial charge in [-0.15, -0.1) is 5.10 Å². The van der Waals surface area contributed by atoms with Crippen molar-refractivity contribution < 1.29 is 43.7 Å². The van der Waals surface area contributed by atoms with Gasteiger partial charge in [0, 0.05) is 37.7 Å². The smallest absolute Gasteiger partial charge is 0.329 e. The number of urea groups is 1. The number of carbonyl (C=O) groups is 5. The topological polar surface area (TPSA) is 213 Å². The summed E-state index contributed by atoms with van der Waals surface area (Å²) >= 11 is 0. The van der Waals surface area contributed by atoms with Crippen molar-refractivity contribution in [2.45, 2.75) is 70.0 Å². The summed E-state index contributed by atoms with van der Waals surface area (Å²) in [4.78, 5) is 58.9. The van der Waals surface area contributed by atoms with E-state index >= 15 is 0 Å². The monoisotopic (exact) mass is 564 g/mol. The Kier molecular flexibility index (Phi) is 12.0. The first kappa shape index (κ1) is 31.7. The average molecular weight is 565 g/mol. The number of aryl methyl sites for hydroxylation is 2. The van der Waals surface area contributed by atoms with E-state index in [1.807, 2.05) is 0 Å². The largest absolute Gasteiger partial charge is 0.481 e. The van der Waals surface area contributed by atoms with Gasteiger partial charge in [-0.1, -0.05) is 17.3 Å². The standard InChI is InChI=1S/C25H33FN6O8/c1-25(23(38)39,29-24(40)28-19(22(36)37)9-10-21(34)35)14-16-5-2-6-17(13-16)27-20(33)8-4-12-32-15-18(30-31-32)7-3-11-26/h2,5-6,13,15,19H,3-4,7-12,14H2,1H3,(H,27,33)(H,34,35)(H,36,37)(H,38,39)(H2,28,29,40). The molecule has 3 amide bonds. The zero-order valence-electron chi connectivity index (χ0n) is 21.9. The lowest BCUT2D eigenvalue weighted by Crippen LogP contribution is -2.58. The van der Waals surface area contributed by atoms with Crippen LogP contribution < -0.4 is 16.0 Å². The zero-order valence-corrected chi connectivity index (χ0v) is 21.9. The Balaban J connectivity index is 1.94. The molecule has 2 aromatic rings. The number of nitrogens with zero attached hydrogens (tertiary/aromatic N) is 3. The SMILES string of the molecule is CC(Cc1cccc(NC(=O)CCCn2cc(CCCF)nn2)c1)(NC(=O)NC(CCC(=O)O)C(=O)O)C(=O)O. The number of rotatable bonds is 17. The van der Waals surface area contributed by atoms with Gasteiger partial charge in [-0.3, -0.25) is 18.7 Å². The van der Waals surface area contributed by atoms with Crippen molar-refractivity contribution in [1.82, 2.24) is 25.6 Å². The number of amides is 3. The Morgan fingerprint density at radius 1 is 1.10 bits per heavy atom. The summed E-state index contributed by atoms with van der Waals surface area (Å²) in [7, 11) is 0. The summed E-state index contributed by atoms with van der Waals surface area (Å²) in [5.74, 6) is -4.38. The zero-order chi connectivity index (χ0) is 29.7. The quantitative estimate of drug-likeness (QED) is 0.163. The van der Waals surface area contributed by atoms with E-state index < -0.39 is 48.6 Å². The van der Waals surface area contributed by atoms with Gasteiger partial charge in [0.1, 0.15) is 11.6 Å². The number of carboxylic acid groups (broad SMARTS) is 3. The summed E-state index contributed by atoms with van der Waals surface area (Å²) < 4.78 is 13.9. The minimum absolute atomic E-state index is 0.172. The summed E-state index contributed by atoms with van der Waals surface area (Å²) in [6.07, 6.45) is 2.12. The van der Waals surface area contributed by atoms with Crippen LogP contribution in [0.15, 0.2) is 30.5 Å². The number of nitrogens with one attached hydrogen (secondary N) is 3. The van der Waals surface area contributed by atoms with E-state index in [-0.39, 0.29) is 25.2 Å². The van der Waals surface area contributed by atoms with E-state index in [0.717, 1.165) is 0 Å². The third kappa shape index (κ3) is 10.7. The molecule has 0 bridgehead atoms. The maximum Gasteiger partial charge on any atom is 0.329 e. The number of hydrogen-bond donors (Lipinski definition) is 6. The molecule has 0 aliphatic rings. The molecule has 40 heavy (non-hydrogen) atoms. The second kappa shape index (κ2) is 15.1. The van der Waals surface area contributed by atoms with Crippen LogP contribution >= 0.6 is 0 Å². The van der Waals surface area contributed by atoms with Crippen molar-refractivity contribution in [1.29, 1.82) is 0 Å².